The second kappa shape index (κ2) is 4.12. The highest BCUT2D eigenvalue weighted by Crippen LogP contribution is 2.33. The third kappa shape index (κ3) is 3.18. The number of hydrogen-bond acceptors (Lipinski definition) is 2. The van der Waals surface area contributed by atoms with Crippen LogP contribution in [-0.4, -0.2) is 8.42 Å². The lowest BCUT2D eigenvalue weighted by Gasteiger charge is -2.07. The molecule has 0 spiro atoms. The summed E-state index contributed by atoms with van der Waals surface area (Å²) >= 11 is 17.0. The maximum absolute atomic E-state index is 10.7. The second-order valence-electron chi connectivity index (χ2n) is 2.40. The summed E-state index contributed by atoms with van der Waals surface area (Å²) in [7, 11) is -3.88. The van der Waals surface area contributed by atoms with Crippen molar-refractivity contribution < 1.29 is 8.42 Å². The molecule has 0 radical (unpaired) electrons. The van der Waals surface area contributed by atoms with Crippen molar-refractivity contribution in [2.24, 2.45) is 5.14 Å². The first-order valence-corrected chi connectivity index (χ1v) is 5.93. The zero-order chi connectivity index (χ0) is 10.9. The Morgan fingerprint density at radius 3 is 2.29 bits per heavy atom. The molecule has 0 unspecified atom stereocenters. The van der Waals surface area contributed by atoms with E-state index in [1.807, 2.05) is 4.72 Å². The average molecular weight is 276 g/mol. The Morgan fingerprint density at radius 1 is 1.21 bits per heavy atom. The average Bonchev–Trinajstić information content (AvgIpc) is 1.96. The van der Waals surface area contributed by atoms with Crippen LogP contribution in [0.3, 0.4) is 0 Å². The highest BCUT2D eigenvalue weighted by Gasteiger charge is 2.10. The Morgan fingerprint density at radius 2 is 1.79 bits per heavy atom. The molecule has 0 heterocycles. The topological polar surface area (TPSA) is 72.2 Å². The third-order valence-electron chi connectivity index (χ3n) is 1.25. The maximum atomic E-state index is 10.7. The normalized spacial score (nSPS) is 11.4. The van der Waals surface area contributed by atoms with Gasteiger partial charge in [-0.15, -0.1) is 0 Å². The van der Waals surface area contributed by atoms with Gasteiger partial charge in [-0.25, -0.2) is 5.14 Å². The molecule has 0 saturated heterocycles. The lowest BCUT2D eigenvalue weighted by molar-refractivity contribution is 0.603. The summed E-state index contributed by atoms with van der Waals surface area (Å²) in [5.41, 5.74) is 0.0478. The number of rotatable bonds is 2. The van der Waals surface area contributed by atoms with Crippen molar-refractivity contribution in [3.05, 3.63) is 27.2 Å². The molecule has 0 aromatic heterocycles. The van der Waals surface area contributed by atoms with E-state index in [4.69, 9.17) is 39.9 Å². The molecule has 1 aromatic rings. The summed E-state index contributed by atoms with van der Waals surface area (Å²) in [6.45, 7) is 0. The van der Waals surface area contributed by atoms with Gasteiger partial charge in [0.25, 0.3) is 10.2 Å². The van der Waals surface area contributed by atoms with Crippen LogP contribution in [0.4, 0.5) is 5.69 Å². The number of benzene rings is 1. The fourth-order valence-corrected chi connectivity index (χ4v) is 1.96. The number of nitrogens with two attached hydrogens (primary N) is 1. The van der Waals surface area contributed by atoms with Crippen molar-refractivity contribution in [1.29, 1.82) is 0 Å². The largest absolute Gasteiger partial charge is 0.296 e. The lowest BCUT2D eigenvalue weighted by atomic mass is 10.3. The Balaban J connectivity index is 3.22. The van der Waals surface area contributed by atoms with Crippen molar-refractivity contribution in [3.63, 3.8) is 0 Å². The molecule has 14 heavy (non-hydrogen) atoms. The van der Waals surface area contributed by atoms with E-state index >= 15 is 0 Å². The van der Waals surface area contributed by atoms with Crippen molar-refractivity contribution in [2.45, 2.75) is 0 Å². The molecular formula is C6H5Cl3N2O2S. The molecule has 1 aromatic carbocycles. The van der Waals surface area contributed by atoms with Gasteiger partial charge < -0.3 is 0 Å². The molecule has 0 bridgehead atoms. The van der Waals surface area contributed by atoms with Gasteiger partial charge in [0, 0.05) is 5.02 Å². The number of halogens is 3. The van der Waals surface area contributed by atoms with Gasteiger partial charge in [-0.2, -0.15) is 8.42 Å². The van der Waals surface area contributed by atoms with Crippen LogP contribution >= 0.6 is 34.8 Å². The van der Waals surface area contributed by atoms with Gasteiger partial charge in [-0.1, -0.05) is 34.8 Å². The summed E-state index contributed by atoms with van der Waals surface area (Å²) in [4.78, 5) is 0. The lowest BCUT2D eigenvalue weighted by Crippen LogP contribution is -2.21. The van der Waals surface area contributed by atoms with Gasteiger partial charge in [0.15, 0.2) is 0 Å². The summed E-state index contributed by atoms with van der Waals surface area (Å²) in [6, 6.07) is 2.69. The quantitative estimate of drug-likeness (QED) is 0.813. The predicted octanol–water partition coefficient (Wildman–Crippen LogP) is 2.26. The van der Waals surface area contributed by atoms with Crippen LogP contribution in [0.15, 0.2) is 12.1 Å². The molecule has 0 aliphatic carbocycles. The van der Waals surface area contributed by atoms with Crippen LogP contribution in [0.2, 0.25) is 15.1 Å². The van der Waals surface area contributed by atoms with E-state index in [2.05, 4.69) is 0 Å². The van der Waals surface area contributed by atoms with Crippen molar-refractivity contribution in [2.75, 3.05) is 4.72 Å². The van der Waals surface area contributed by atoms with Gasteiger partial charge in [0.1, 0.15) is 0 Å². The molecule has 0 aliphatic heterocycles. The minimum Gasteiger partial charge on any atom is -0.270 e. The molecule has 0 fully saturated rings. The zero-order valence-electron chi connectivity index (χ0n) is 6.59. The molecule has 0 aliphatic rings. The summed E-state index contributed by atoms with van der Waals surface area (Å²) in [6.07, 6.45) is 0. The van der Waals surface area contributed by atoms with E-state index in [-0.39, 0.29) is 20.8 Å². The Kier molecular flexibility index (Phi) is 3.49. The Labute approximate surface area is 96.1 Å². The summed E-state index contributed by atoms with van der Waals surface area (Å²) in [5, 5.41) is 5.20. The first kappa shape index (κ1) is 11.9. The third-order valence-corrected chi connectivity index (χ3v) is 2.77. The number of nitrogens with one attached hydrogen (secondary N) is 1. The van der Waals surface area contributed by atoms with E-state index < -0.39 is 10.2 Å². The first-order chi connectivity index (χ1) is 6.29. The molecule has 78 valence electrons. The number of hydrogen-bond donors (Lipinski definition) is 2. The van der Waals surface area contributed by atoms with Crippen molar-refractivity contribution in [1.82, 2.24) is 0 Å². The van der Waals surface area contributed by atoms with E-state index in [1.165, 1.54) is 12.1 Å². The highest BCUT2D eigenvalue weighted by molar-refractivity contribution is 7.90. The summed E-state index contributed by atoms with van der Waals surface area (Å²) < 4.78 is 23.4. The Hall–Kier alpha value is -0.200. The van der Waals surface area contributed by atoms with Crippen LogP contribution in [0.25, 0.3) is 0 Å². The monoisotopic (exact) mass is 274 g/mol. The molecule has 1 rings (SSSR count). The molecule has 3 N–H and O–H groups in total. The van der Waals surface area contributed by atoms with Gasteiger partial charge in [0.2, 0.25) is 0 Å². The van der Waals surface area contributed by atoms with Crippen LogP contribution < -0.4 is 9.86 Å². The van der Waals surface area contributed by atoms with E-state index in [0.717, 1.165) is 0 Å². The molecular weight excluding hydrogens is 271 g/mol. The standard InChI is InChI=1S/C6H5Cl3N2O2S/c7-3-1-4(8)6(9)5(2-3)11-14(10,12)13/h1-2,11H,(H2,10,12,13). The highest BCUT2D eigenvalue weighted by atomic mass is 35.5. The van der Waals surface area contributed by atoms with Gasteiger partial charge in [0.05, 0.1) is 15.7 Å². The molecule has 0 saturated carbocycles. The zero-order valence-corrected chi connectivity index (χ0v) is 9.67. The smallest absolute Gasteiger partial charge is 0.270 e. The van der Waals surface area contributed by atoms with Gasteiger partial charge in [-0.05, 0) is 12.1 Å². The minimum absolute atomic E-state index is 0.0464. The van der Waals surface area contributed by atoms with Gasteiger partial charge >= 0.3 is 0 Å². The fraction of sp³-hybridized carbons (Fsp3) is 0. The van der Waals surface area contributed by atoms with Crippen molar-refractivity contribution in [3.8, 4) is 0 Å². The van der Waals surface area contributed by atoms with E-state index in [9.17, 15) is 8.42 Å². The van der Waals surface area contributed by atoms with Gasteiger partial charge in [-0.3, -0.25) is 4.72 Å². The number of anilines is 1. The van der Waals surface area contributed by atoms with Crippen LogP contribution in [0.1, 0.15) is 0 Å². The van der Waals surface area contributed by atoms with E-state index in [0.29, 0.717) is 0 Å². The van der Waals surface area contributed by atoms with Crippen LogP contribution in [0, 0.1) is 0 Å². The van der Waals surface area contributed by atoms with E-state index in [1.54, 1.807) is 0 Å². The van der Waals surface area contributed by atoms with Crippen LogP contribution in [-0.2, 0) is 10.2 Å². The SMILES string of the molecule is NS(=O)(=O)Nc1cc(Cl)cc(Cl)c1Cl. The molecule has 4 nitrogen and oxygen atoms in total. The Bertz CT molecular complexity index is 460. The first-order valence-electron chi connectivity index (χ1n) is 3.24. The minimum atomic E-state index is -3.88. The molecule has 0 atom stereocenters. The summed E-state index contributed by atoms with van der Waals surface area (Å²) in [5.74, 6) is 0. The maximum Gasteiger partial charge on any atom is 0.296 e. The second-order valence-corrected chi connectivity index (χ2v) is 4.91. The predicted molar refractivity (Wildman–Crippen MR) is 58.2 cm³/mol. The van der Waals surface area contributed by atoms with Crippen molar-refractivity contribution >= 4 is 50.7 Å². The van der Waals surface area contributed by atoms with Crippen LogP contribution in [0.5, 0.6) is 0 Å². The fourth-order valence-electron chi connectivity index (χ4n) is 0.784. The molecule has 8 heteroatoms. The molecule has 0 amide bonds.